The monoisotopic (exact) mass is 569 g/mol. The van der Waals surface area contributed by atoms with E-state index in [4.69, 9.17) is 28.4 Å². The molecular weight excluding hydrogens is 534 g/mol. The number of nitrogens with one attached hydrogen (secondary N) is 1. The van der Waals surface area contributed by atoms with Crippen molar-refractivity contribution in [2.24, 2.45) is 5.92 Å². The van der Waals surface area contributed by atoms with Crippen molar-refractivity contribution in [2.75, 3.05) is 27.4 Å². The van der Waals surface area contributed by atoms with E-state index in [2.05, 4.69) is 5.32 Å². The first kappa shape index (κ1) is 31.2. The summed E-state index contributed by atoms with van der Waals surface area (Å²) in [6.45, 7) is 2.68. The molecule has 0 saturated heterocycles. The van der Waals surface area contributed by atoms with E-state index in [1.54, 1.807) is 24.3 Å². The summed E-state index contributed by atoms with van der Waals surface area (Å²) in [4.78, 5) is 47.8. The number of methoxy groups -OCH3 is 2. The molecule has 0 aromatic heterocycles. The van der Waals surface area contributed by atoms with Crippen molar-refractivity contribution < 1.29 is 47.6 Å². The predicted octanol–water partition coefficient (Wildman–Crippen LogP) is 3.44. The summed E-state index contributed by atoms with van der Waals surface area (Å²) >= 11 is 0. The van der Waals surface area contributed by atoms with Crippen LogP contribution in [0, 0.1) is 5.92 Å². The molecule has 1 N–H and O–H groups in total. The van der Waals surface area contributed by atoms with Gasteiger partial charge < -0.3 is 33.7 Å². The maximum Gasteiger partial charge on any atom is 0.408 e. The van der Waals surface area contributed by atoms with Crippen LogP contribution in [0.25, 0.3) is 0 Å². The van der Waals surface area contributed by atoms with Gasteiger partial charge in [-0.15, -0.1) is 0 Å². The van der Waals surface area contributed by atoms with Gasteiger partial charge in [-0.1, -0.05) is 48.6 Å². The topological polar surface area (TPSA) is 136 Å². The highest BCUT2D eigenvalue weighted by Crippen LogP contribution is 2.35. The second kappa shape index (κ2) is 15.4. The fourth-order valence-electron chi connectivity index (χ4n) is 4.23. The van der Waals surface area contributed by atoms with Crippen LogP contribution in [-0.4, -0.2) is 63.6 Å². The molecule has 3 rings (SSSR count). The number of ether oxygens (including phenoxy) is 6. The largest absolute Gasteiger partial charge is 0.496 e. The molecule has 1 aliphatic heterocycles. The number of alkyl carbamates (subject to hydrolysis) is 1. The average Bonchev–Trinajstić information content (AvgIpc) is 2.97. The van der Waals surface area contributed by atoms with Gasteiger partial charge in [0.25, 0.3) is 0 Å². The zero-order valence-electron chi connectivity index (χ0n) is 23.5. The minimum Gasteiger partial charge on any atom is -0.496 e. The fourth-order valence-corrected chi connectivity index (χ4v) is 4.23. The number of carbonyl (C=O) groups is 4. The lowest BCUT2D eigenvalue weighted by atomic mass is 9.94. The summed E-state index contributed by atoms with van der Waals surface area (Å²) in [5.74, 6) is -1.34. The molecule has 2 aromatic carbocycles. The molecule has 0 bridgehead atoms. The van der Waals surface area contributed by atoms with Gasteiger partial charge in [0.15, 0.2) is 0 Å². The van der Waals surface area contributed by atoms with Gasteiger partial charge in [0.05, 0.1) is 14.2 Å². The van der Waals surface area contributed by atoms with E-state index in [0.717, 1.165) is 5.56 Å². The van der Waals surface area contributed by atoms with E-state index in [9.17, 15) is 19.2 Å². The quantitative estimate of drug-likeness (QED) is 0.230. The second-order valence-electron chi connectivity index (χ2n) is 9.31. The SMILES string of the molecule is COC(=O)[C@H](Cc1ccc(OC)c([C@@H]2C=C[C@H](COC(C)=O)[C@@H](COC(C)=O)O2)c1)NC(=O)OCc1ccccc1. The number of benzene rings is 2. The zero-order valence-corrected chi connectivity index (χ0v) is 23.5. The highest BCUT2D eigenvalue weighted by atomic mass is 16.6. The Balaban J connectivity index is 1.77. The molecule has 1 heterocycles. The predicted molar refractivity (Wildman–Crippen MR) is 146 cm³/mol. The molecule has 1 aliphatic rings. The van der Waals surface area contributed by atoms with Crippen molar-refractivity contribution in [1.82, 2.24) is 5.32 Å². The van der Waals surface area contributed by atoms with Crippen LogP contribution in [0.3, 0.4) is 0 Å². The van der Waals surface area contributed by atoms with E-state index >= 15 is 0 Å². The van der Waals surface area contributed by atoms with Gasteiger partial charge in [-0.05, 0) is 23.3 Å². The fraction of sp³-hybridized carbons (Fsp3) is 0.400. The summed E-state index contributed by atoms with van der Waals surface area (Å²) in [7, 11) is 2.76. The molecule has 0 saturated carbocycles. The molecule has 41 heavy (non-hydrogen) atoms. The third-order valence-corrected chi connectivity index (χ3v) is 6.29. The number of carbonyl (C=O) groups excluding carboxylic acids is 4. The molecule has 4 atom stereocenters. The van der Waals surface area contributed by atoms with Crippen LogP contribution >= 0.6 is 0 Å². The van der Waals surface area contributed by atoms with Crippen molar-refractivity contribution in [3.05, 3.63) is 77.4 Å². The van der Waals surface area contributed by atoms with E-state index in [1.165, 1.54) is 28.1 Å². The normalized spacial score (nSPS) is 18.5. The minimum atomic E-state index is -1.02. The molecule has 0 aliphatic carbocycles. The third-order valence-electron chi connectivity index (χ3n) is 6.29. The van der Waals surface area contributed by atoms with Crippen LogP contribution in [0.4, 0.5) is 4.79 Å². The van der Waals surface area contributed by atoms with Gasteiger partial charge in [-0.25, -0.2) is 9.59 Å². The van der Waals surface area contributed by atoms with Crippen LogP contribution in [0.2, 0.25) is 0 Å². The number of hydrogen-bond donors (Lipinski definition) is 1. The van der Waals surface area contributed by atoms with E-state index in [0.29, 0.717) is 16.9 Å². The molecule has 0 fully saturated rings. The molecule has 0 spiro atoms. The lowest BCUT2D eigenvalue weighted by Gasteiger charge is -2.32. The molecular formula is C30H35NO10. The van der Waals surface area contributed by atoms with E-state index < -0.39 is 42.3 Å². The average molecular weight is 570 g/mol. The summed E-state index contributed by atoms with van der Waals surface area (Å²) in [5, 5.41) is 2.58. The Labute approximate surface area is 238 Å². The first-order valence-corrected chi connectivity index (χ1v) is 13.0. The first-order chi connectivity index (χ1) is 19.7. The van der Waals surface area contributed by atoms with Crippen molar-refractivity contribution in [3.8, 4) is 5.75 Å². The maximum atomic E-state index is 12.5. The van der Waals surface area contributed by atoms with Crippen LogP contribution in [0.15, 0.2) is 60.7 Å². The van der Waals surface area contributed by atoms with Gasteiger partial charge in [0.2, 0.25) is 0 Å². The van der Waals surface area contributed by atoms with Crippen molar-refractivity contribution >= 4 is 24.0 Å². The van der Waals surface area contributed by atoms with E-state index in [-0.39, 0.29) is 32.2 Å². The Morgan fingerprint density at radius 2 is 1.59 bits per heavy atom. The summed E-state index contributed by atoms with van der Waals surface area (Å²) in [6.07, 6.45) is 1.80. The van der Waals surface area contributed by atoms with Crippen LogP contribution in [-0.2, 0) is 51.1 Å². The molecule has 0 radical (unpaired) electrons. The van der Waals surface area contributed by atoms with Crippen LogP contribution < -0.4 is 10.1 Å². The lowest BCUT2D eigenvalue weighted by molar-refractivity contribution is -0.153. The Morgan fingerprint density at radius 1 is 0.878 bits per heavy atom. The highest BCUT2D eigenvalue weighted by molar-refractivity contribution is 5.81. The van der Waals surface area contributed by atoms with Gasteiger partial charge in [0.1, 0.15) is 43.8 Å². The number of amides is 1. The summed E-state index contributed by atoms with van der Waals surface area (Å²) < 4.78 is 32.3. The number of rotatable bonds is 12. The van der Waals surface area contributed by atoms with Crippen molar-refractivity contribution in [1.29, 1.82) is 0 Å². The maximum absolute atomic E-state index is 12.5. The van der Waals surface area contributed by atoms with Gasteiger partial charge in [0, 0.05) is 31.7 Å². The van der Waals surface area contributed by atoms with Gasteiger partial charge in [-0.3, -0.25) is 9.59 Å². The molecule has 11 nitrogen and oxygen atoms in total. The Kier molecular flexibility index (Phi) is 11.7. The second-order valence-corrected chi connectivity index (χ2v) is 9.31. The molecule has 0 unspecified atom stereocenters. The summed E-state index contributed by atoms with van der Waals surface area (Å²) in [5.41, 5.74) is 2.14. The van der Waals surface area contributed by atoms with Crippen molar-refractivity contribution in [3.63, 3.8) is 0 Å². The highest BCUT2D eigenvalue weighted by Gasteiger charge is 2.32. The minimum absolute atomic E-state index is 0.0382. The molecule has 11 heteroatoms. The first-order valence-electron chi connectivity index (χ1n) is 13.0. The Morgan fingerprint density at radius 3 is 2.24 bits per heavy atom. The Hall–Kier alpha value is -4.38. The number of hydrogen-bond acceptors (Lipinski definition) is 10. The lowest BCUT2D eigenvalue weighted by Crippen LogP contribution is -2.43. The van der Waals surface area contributed by atoms with Gasteiger partial charge in [-0.2, -0.15) is 0 Å². The van der Waals surface area contributed by atoms with Gasteiger partial charge >= 0.3 is 24.0 Å². The van der Waals surface area contributed by atoms with Crippen molar-refractivity contribution in [2.45, 2.75) is 45.1 Å². The van der Waals surface area contributed by atoms with Crippen LogP contribution in [0.1, 0.15) is 36.6 Å². The smallest absolute Gasteiger partial charge is 0.408 e. The summed E-state index contributed by atoms with van der Waals surface area (Å²) in [6, 6.07) is 13.4. The zero-order chi connectivity index (χ0) is 29.8. The molecule has 220 valence electrons. The third kappa shape index (κ3) is 9.64. The molecule has 2 aromatic rings. The number of esters is 3. The standard InChI is InChI=1S/C30H35NO10/c1-19(32)38-17-23-11-13-27(41-28(23)18-39-20(2)33)24-14-22(10-12-26(24)36-3)15-25(29(34)37-4)31-30(35)40-16-21-8-6-5-7-9-21/h5-14,23,25,27-28H,15-18H2,1-4H3,(H,31,35)/t23-,25+,27+,28-/m1/s1. The molecule has 1 amide bonds. The Bertz CT molecular complexity index is 1230. The van der Waals surface area contributed by atoms with E-state index in [1.807, 2.05) is 36.4 Å². The van der Waals surface area contributed by atoms with Crippen LogP contribution in [0.5, 0.6) is 5.75 Å².